The van der Waals surface area contributed by atoms with E-state index in [4.69, 9.17) is 9.98 Å². The minimum Gasteiger partial charge on any atom is -0.507 e. The zero-order chi connectivity index (χ0) is 29.4. The second-order valence-electron chi connectivity index (χ2n) is 11.2. The molecule has 5 aromatic carbocycles. The van der Waals surface area contributed by atoms with Crippen LogP contribution < -0.4 is 0 Å². The highest BCUT2D eigenvalue weighted by molar-refractivity contribution is 7.22. The van der Waals surface area contributed by atoms with Crippen LogP contribution in [-0.2, 0) is 5.41 Å². The third-order valence-electron chi connectivity index (χ3n) is 7.22. The van der Waals surface area contributed by atoms with Gasteiger partial charge >= 0.3 is 0 Å². The van der Waals surface area contributed by atoms with E-state index < -0.39 is 0 Å². The SMILES string of the molecule is CC(C)(C)c1ccc(O)c(C=Nc2ccccc2-c2nc3c(-c4ccc(F)cc4)ccc(-c4ccc(F)cc4)c3s2)c1. The molecule has 0 aliphatic rings. The van der Waals surface area contributed by atoms with Crippen molar-refractivity contribution in [3.8, 4) is 38.6 Å². The van der Waals surface area contributed by atoms with Gasteiger partial charge in [0.15, 0.2) is 0 Å². The molecule has 6 heteroatoms. The number of hydrogen-bond acceptors (Lipinski definition) is 4. The second-order valence-corrected chi connectivity index (χ2v) is 12.2. The van der Waals surface area contributed by atoms with Crippen molar-refractivity contribution < 1.29 is 13.9 Å². The number of halogens is 2. The van der Waals surface area contributed by atoms with Crippen LogP contribution in [-0.4, -0.2) is 16.3 Å². The lowest BCUT2D eigenvalue weighted by Crippen LogP contribution is -2.11. The number of nitrogens with zero attached hydrogens (tertiary/aromatic N) is 2. The Hall–Kier alpha value is -4.68. The largest absolute Gasteiger partial charge is 0.507 e. The molecule has 0 aliphatic carbocycles. The molecule has 1 N–H and O–H groups in total. The van der Waals surface area contributed by atoms with Gasteiger partial charge in [-0.15, -0.1) is 11.3 Å². The Morgan fingerprint density at radius 3 is 2.02 bits per heavy atom. The predicted molar refractivity (Wildman–Crippen MR) is 170 cm³/mol. The Labute approximate surface area is 247 Å². The zero-order valence-electron chi connectivity index (χ0n) is 23.4. The lowest BCUT2D eigenvalue weighted by atomic mass is 9.86. The summed E-state index contributed by atoms with van der Waals surface area (Å²) in [5.74, 6) is -0.436. The molecule has 6 aromatic rings. The number of phenolic OH excluding ortho intramolecular Hbond substituents is 1. The fraction of sp³-hybridized carbons (Fsp3) is 0.111. The summed E-state index contributed by atoms with van der Waals surface area (Å²) in [4.78, 5) is 9.88. The third-order valence-corrected chi connectivity index (χ3v) is 8.35. The van der Waals surface area contributed by atoms with Crippen LogP contribution in [0.3, 0.4) is 0 Å². The van der Waals surface area contributed by atoms with E-state index in [2.05, 4.69) is 20.8 Å². The molecule has 0 fully saturated rings. The van der Waals surface area contributed by atoms with E-state index in [1.165, 1.54) is 35.6 Å². The number of hydrogen-bond donors (Lipinski definition) is 1. The van der Waals surface area contributed by atoms with Crippen molar-refractivity contribution in [2.75, 3.05) is 0 Å². The van der Waals surface area contributed by atoms with Gasteiger partial charge in [0.25, 0.3) is 0 Å². The zero-order valence-corrected chi connectivity index (χ0v) is 24.2. The summed E-state index contributed by atoms with van der Waals surface area (Å²) < 4.78 is 28.4. The average molecular weight is 575 g/mol. The number of phenols is 1. The maximum absolute atomic E-state index is 13.7. The maximum atomic E-state index is 13.7. The van der Waals surface area contributed by atoms with Gasteiger partial charge in [0.2, 0.25) is 0 Å². The maximum Gasteiger partial charge on any atom is 0.126 e. The summed E-state index contributed by atoms with van der Waals surface area (Å²) >= 11 is 1.53. The van der Waals surface area contributed by atoms with E-state index in [1.807, 2.05) is 48.5 Å². The minimum atomic E-state index is -0.303. The van der Waals surface area contributed by atoms with Crippen LogP contribution >= 0.6 is 11.3 Å². The van der Waals surface area contributed by atoms with E-state index in [1.54, 1.807) is 36.5 Å². The topological polar surface area (TPSA) is 45.5 Å². The molecule has 6 rings (SSSR count). The van der Waals surface area contributed by atoms with Crippen LogP contribution in [0, 0.1) is 11.6 Å². The number of benzene rings is 5. The van der Waals surface area contributed by atoms with E-state index in [0.29, 0.717) is 11.3 Å². The first kappa shape index (κ1) is 27.5. The molecule has 0 spiro atoms. The van der Waals surface area contributed by atoms with Crippen LogP contribution in [0.25, 0.3) is 43.0 Å². The molecular formula is C36H28F2N2OS. The van der Waals surface area contributed by atoms with Gasteiger partial charge in [-0.05, 0) is 70.6 Å². The molecule has 0 amide bonds. The summed E-state index contributed by atoms with van der Waals surface area (Å²) in [7, 11) is 0. The molecule has 0 unspecified atom stereocenters. The Morgan fingerprint density at radius 2 is 1.36 bits per heavy atom. The Balaban J connectivity index is 1.49. The number of fused-ring (bicyclic) bond motifs is 1. The first-order chi connectivity index (χ1) is 20.2. The normalized spacial score (nSPS) is 11.9. The number of aromatic nitrogens is 1. The summed E-state index contributed by atoms with van der Waals surface area (Å²) in [6.45, 7) is 6.38. The fourth-order valence-electron chi connectivity index (χ4n) is 4.87. The van der Waals surface area contributed by atoms with Crippen LogP contribution in [0.5, 0.6) is 5.75 Å². The van der Waals surface area contributed by atoms with Crippen molar-refractivity contribution in [3.63, 3.8) is 0 Å². The summed E-state index contributed by atoms with van der Waals surface area (Å²) in [6, 6.07) is 30.1. The van der Waals surface area contributed by atoms with Crippen LogP contribution in [0.1, 0.15) is 31.9 Å². The highest BCUT2D eigenvalue weighted by atomic mass is 32.1. The molecule has 0 atom stereocenters. The first-order valence-corrected chi connectivity index (χ1v) is 14.4. The lowest BCUT2D eigenvalue weighted by Gasteiger charge is -2.19. The monoisotopic (exact) mass is 574 g/mol. The van der Waals surface area contributed by atoms with Crippen LogP contribution in [0.15, 0.2) is 108 Å². The van der Waals surface area contributed by atoms with Gasteiger partial charge in [0.1, 0.15) is 22.4 Å². The molecular weight excluding hydrogens is 546 g/mol. The van der Waals surface area contributed by atoms with Gasteiger partial charge in [0.05, 0.1) is 15.9 Å². The predicted octanol–water partition coefficient (Wildman–Crippen LogP) is 10.3. The van der Waals surface area contributed by atoms with Gasteiger partial charge in [-0.2, -0.15) is 0 Å². The number of para-hydroxylation sites is 1. The minimum absolute atomic E-state index is 0.0698. The Kier molecular flexibility index (Phi) is 7.17. The van der Waals surface area contributed by atoms with Gasteiger partial charge in [-0.3, -0.25) is 4.99 Å². The molecule has 0 radical (unpaired) electrons. The quantitative estimate of drug-likeness (QED) is 0.208. The van der Waals surface area contributed by atoms with Crippen LogP contribution in [0.2, 0.25) is 0 Å². The first-order valence-electron chi connectivity index (χ1n) is 13.6. The van der Waals surface area contributed by atoms with E-state index in [9.17, 15) is 13.9 Å². The molecule has 0 aliphatic heterocycles. The standard InChI is InChI=1S/C36H28F2N2OS/c1-36(2,3)25-12-19-32(41)24(20-25)21-39-31-7-5-4-6-30(31)35-40-33-28(22-8-13-26(37)14-9-22)17-18-29(34(33)42-35)23-10-15-27(38)16-11-23/h4-21,41H,1-3H3. The van der Waals surface area contributed by atoms with Crippen LogP contribution in [0.4, 0.5) is 14.5 Å². The van der Waals surface area contributed by atoms with Gasteiger partial charge in [-0.25, -0.2) is 13.8 Å². The molecule has 1 aromatic heterocycles. The second kappa shape index (κ2) is 11.0. The highest BCUT2D eigenvalue weighted by Gasteiger charge is 2.18. The van der Waals surface area contributed by atoms with Gasteiger partial charge in [0, 0.05) is 28.5 Å². The molecule has 42 heavy (non-hydrogen) atoms. The van der Waals surface area contributed by atoms with Crippen molar-refractivity contribution in [2.24, 2.45) is 4.99 Å². The summed E-state index contributed by atoms with van der Waals surface area (Å²) in [6.07, 6.45) is 1.69. The summed E-state index contributed by atoms with van der Waals surface area (Å²) in [5.41, 5.74) is 7.54. The lowest BCUT2D eigenvalue weighted by molar-refractivity contribution is 0.473. The third kappa shape index (κ3) is 5.46. The summed E-state index contributed by atoms with van der Waals surface area (Å²) in [5, 5.41) is 11.3. The average Bonchev–Trinajstić information content (AvgIpc) is 3.42. The number of thiazole rings is 1. The van der Waals surface area contributed by atoms with Crippen molar-refractivity contribution in [1.82, 2.24) is 4.98 Å². The Morgan fingerprint density at radius 1 is 0.738 bits per heavy atom. The van der Waals surface area contributed by atoms with E-state index in [-0.39, 0.29) is 22.8 Å². The molecule has 0 saturated heterocycles. The number of aromatic hydroxyl groups is 1. The highest BCUT2D eigenvalue weighted by Crippen LogP contribution is 2.43. The molecule has 0 bridgehead atoms. The molecule has 0 saturated carbocycles. The van der Waals surface area contributed by atoms with Crippen molar-refractivity contribution in [2.45, 2.75) is 26.2 Å². The van der Waals surface area contributed by atoms with E-state index >= 15 is 0 Å². The van der Waals surface area contributed by atoms with Crippen molar-refractivity contribution in [1.29, 1.82) is 0 Å². The smallest absolute Gasteiger partial charge is 0.126 e. The van der Waals surface area contributed by atoms with Gasteiger partial charge < -0.3 is 5.11 Å². The number of aliphatic imine (C=N–C) groups is 1. The van der Waals surface area contributed by atoms with Gasteiger partial charge in [-0.1, -0.05) is 75.4 Å². The molecule has 3 nitrogen and oxygen atoms in total. The van der Waals surface area contributed by atoms with Crippen molar-refractivity contribution in [3.05, 3.63) is 126 Å². The van der Waals surface area contributed by atoms with E-state index in [0.717, 1.165) is 48.6 Å². The van der Waals surface area contributed by atoms with Crippen molar-refractivity contribution >= 4 is 33.5 Å². The number of rotatable bonds is 5. The fourth-order valence-corrected chi connectivity index (χ4v) is 6.03. The Bertz CT molecular complexity index is 1850. The molecule has 1 heterocycles. The molecule has 208 valence electrons.